The first-order valence-corrected chi connectivity index (χ1v) is 14.2. The van der Waals surface area contributed by atoms with Crippen LogP contribution >= 0.6 is 0 Å². The highest BCUT2D eigenvalue weighted by Gasteiger charge is 2.35. The van der Waals surface area contributed by atoms with Gasteiger partial charge in [-0.1, -0.05) is 54.6 Å². The molecule has 4 rings (SSSR count). The van der Waals surface area contributed by atoms with E-state index in [0.29, 0.717) is 14.7 Å². The molecule has 1 aromatic heterocycles. The lowest BCUT2D eigenvalue weighted by Crippen LogP contribution is -2.45. The fraction of sp³-hybridized carbons (Fsp3) is 0.281. The van der Waals surface area contributed by atoms with Gasteiger partial charge in [0.25, 0.3) is 5.56 Å². The molecule has 0 aliphatic rings. The van der Waals surface area contributed by atoms with Crippen LogP contribution in [0.15, 0.2) is 81.6 Å². The van der Waals surface area contributed by atoms with E-state index in [1.807, 2.05) is 0 Å². The van der Waals surface area contributed by atoms with E-state index in [9.17, 15) is 32.5 Å². The summed E-state index contributed by atoms with van der Waals surface area (Å²) in [5.41, 5.74) is -5.51. The van der Waals surface area contributed by atoms with Crippen LogP contribution in [0.2, 0.25) is 0 Å². The molecule has 0 bridgehead atoms. The smallest absolute Gasteiger partial charge is 0.416 e. The molecule has 0 amide bonds. The number of aromatic nitrogens is 2. The van der Waals surface area contributed by atoms with Crippen LogP contribution in [0.3, 0.4) is 0 Å². The molecule has 0 saturated heterocycles. The number of aliphatic carboxylic acids is 1. The molecule has 0 spiro atoms. The summed E-state index contributed by atoms with van der Waals surface area (Å²) in [6.07, 6.45) is -5.28. The number of hydrogen-bond donors (Lipinski definition) is 1. The third-order valence-corrected chi connectivity index (χ3v) is 7.63. The zero-order valence-electron chi connectivity index (χ0n) is 25.1. The number of ether oxygens (including phenoxy) is 1. The van der Waals surface area contributed by atoms with Gasteiger partial charge in [0.2, 0.25) is 5.95 Å². The van der Waals surface area contributed by atoms with Gasteiger partial charge in [-0.2, -0.15) is 17.6 Å². The van der Waals surface area contributed by atoms with Gasteiger partial charge in [0, 0.05) is 18.5 Å². The molecule has 0 unspecified atom stereocenters. The minimum absolute atomic E-state index is 0.0548. The van der Waals surface area contributed by atoms with Crippen LogP contribution in [0.4, 0.5) is 22.0 Å². The Morgan fingerprint density at radius 3 is 2.30 bits per heavy atom. The van der Waals surface area contributed by atoms with Crippen LogP contribution in [-0.4, -0.2) is 38.9 Å². The largest absolute Gasteiger partial charge is 0.494 e. The monoisotopic (exact) mass is 660 g/mol. The van der Waals surface area contributed by atoms with E-state index in [0.717, 1.165) is 30.3 Å². The van der Waals surface area contributed by atoms with Gasteiger partial charge in [0.1, 0.15) is 5.56 Å². The van der Waals surface area contributed by atoms with Gasteiger partial charge in [0.15, 0.2) is 11.6 Å². The molecular weight excluding hydrogens is 631 g/mol. The third kappa shape index (κ3) is 7.39. The number of aryl methyl sites for hydroxylation is 1. The number of nitrogens with zero attached hydrogens (tertiary/aromatic N) is 4. The summed E-state index contributed by atoms with van der Waals surface area (Å²) in [6.45, 7) is -0.577. The number of rotatable bonds is 13. The van der Waals surface area contributed by atoms with Crippen LogP contribution < -0.4 is 16.0 Å². The molecule has 0 aliphatic carbocycles. The van der Waals surface area contributed by atoms with E-state index in [1.54, 1.807) is 30.3 Å². The van der Waals surface area contributed by atoms with Crippen molar-refractivity contribution in [3.63, 3.8) is 0 Å². The molecule has 0 radical (unpaired) electrons. The highest BCUT2D eigenvalue weighted by Crippen LogP contribution is 2.34. The lowest BCUT2D eigenvalue weighted by Gasteiger charge is -2.28. The summed E-state index contributed by atoms with van der Waals surface area (Å²) in [7, 11) is 1.13. The van der Waals surface area contributed by atoms with E-state index >= 15 is 8.78 Å². The summed E-state index contributed by atoms with van der Waals surface area (Å²) in [6, 6.07) is 13.4. The maximum absolute atomic E-state index is 16.4. The van der Waals surface area contributed by atoms with Gasteiger partial charge in [-0.25, -0.2) is 9.18 Å². The molecule has 0 aliphatic heterocycles. The number of hydrogen-bond acceptors (Lipinski definition) is 6. The van der Waals surface area contributed by atoms with Crippen molar-refractivity contribution in [2.75, 3.05) is 13.7 Å². The normalized spacial score (nSPS) is 12.1. The lowest BCUT2D eigenvalue weighted by molar-refractivity contribution is -0.138. The van der Waals surface area contributed by atoms with Crippen molar-refractivity contribution in [1.29, 1.82) is 0 Å². The molecule has 47 heavy (non-hydrogen) atoms. The Kier molecular flexibility index (Phi) is 10.6. The van der Waals surface area contributed by atoms with Crippen molar-refractivity contribution < 1.29 is 36.6 Å². The number of carboxylic acids is 1. The first-order chi connectivity index (χ1) is 22.3. The van der Waals surface area contributed by atoms with Gasteiger partial charge in [-0.15, -0.1) is 4.91 Å². The predicted octanol–water partition coefficient (Wildman–Crippen LogP) is 5.93. The zero-order valence-corrected chi connectivity index (χ0v) is 25.1. The summed E-state index contributed by atoms with van der Waals surface area (Å²) < 4.78 is 79.7. The lowest BCUT2D eigenvalue weighted by atomic mass is 10.0. The van der Waals surface area contributed by atoms with Crippen molar-refractivity contribution in [3.8, 4) is 16.9 Å². The topological polar surface area (TPSA) is 123 Å². The minimum atomic E-state index is -4.89. The molecule has 248 valence electrons. The number of nitroso groups, excluding NO2 is 1. The second kappa shape index (κ2) is 14.4. The second-order valence-corrected chi connectivity index (χ2v) is 10.5. The molecule has 1 heterocycles. The molecule has 0 fully saturated rings. The van der Waals surface area contributed by atoms with E-state index in [2.05, 4.69) is 5.29 Å². The minimum Gasteiger partial charge on any atom is -0.494 e. The van der Waals surface area contributed by atoms with Crippen LogP contribution in [0.1, 0.15) is 41.1 Å². The van der Waals surface area contributed by atoms with E-state index in [1.165, 1.54) is 25.1 Å². The first-order valence-electron chi connectivity index (χ1n) is 14.2. The summed E-state index contributed by atoms with van der Waals surface area (Å²) in [5, 5.41) is 13.0. The van der Waals surface area contributed by atoms with Crippen LogP contribution in [-0.2, 0) is 24.1 Å². The average Bonchev–Trinajstić information content (AvgIpc) is 3.03. The Hall–Kier alpha value is -5.34. The molecule has 1 atom stereocenters. The van der Waals surface area contributed by atoms with Crippen molar-refractivity contribution >= 4 is 5.97 Å². The summed E-state index contributed by atoms with van der Waals surface area (Å²) in [5.74, 6) is -4.29. The Morgan fingerprint density at radius 2 is 1.68 bits per heavy atom. The highest BCUT2D eigenvalue weighted by molar-refractivity contribution is 5.66. The number of alkyl halides is 3. The van der Waals surface area contributed by atoms with E-state index in [4.69, 9.17) is 9.84 Å². The maximum atomic E-state index is 16.4. The Labute approximate surface area is 264 Å². The molecular formula is C32H29F5N4O6. The summed E-state index contributed by atoms with van der Waals surface area (Å²) >= 11 is 0. The van der Waals surface area contributed by atoms with Gasteiger partial charge in [-0.3, -0.25) is 23.7 Å². The summed E-state index contributed by atoms with van der Waals surface area (Å²) in [4.78, 5) is 51.0. The van der Waals surface area contributed by atoms with Crippen molar-refractivity contribution in [1.82, 2.24) is 14.1 Å². The van der Waals surface area contributed by atoms with Gasteiger partial charge in [-0.05, 0) is 42.2 Å². The van der Waals surface area contributed by atoms with Crippen molar-refractivity contribution in [3.05, 3.63) is 126 Å². The van der Waals surface area contributed by atoms with Crippen LogP contribution in [0.25, 0.3) is 11.1 Å². The molecule has 1 N–H and O–H groups in total. The Balaban J connectivity index is 2.01. The number of halogens is 5. The molecule has 3 aromatic carbocycles. The number of carbonyl (C=O) groups is 1. The predicted molar refractivity (Wildman–Crippen MR) is 161 cm³/mol. The Morgan fingerprint density at radius 1 is 1.00 bits per heavy atom. The standard InChI is InChI=1S/C32H29F5N4O6/c1-19-9-6-13-23(32(35,36)37)22(19)17-39-29(34)27(21-12-7-14-25(47-2)28(21)33)30(44)40(31(39)45)18-24(20-10-4-3-5-11-20)41(38-46)16-8-15-26(42)43/h3-7,9-14,24H,8,15-18H2,1-2H3,(H,42,43)/t24-/m0/s1. The van der Waals surface area contributed by atoms with Gasteiger partial charge < -0.3 is 9.84 Å². The molecule has 15 heteroatoms. The third-order valence-electron chi connectivity index (χ3n) is 7.63. The molecule has 4 aromatic rings. The number of benzene rings is 3. The zero-order chi connectivity index (χ0) is 34.5. The fourth-order valence-electron chi connectivity index (χ4n) is 5.26. The molecule has 10 nitrogen and oxygen atoms in total. The van der Waals surface area contributed by atoms with Crippen LogP contribution in [0.5, 0.6) is 5.75 Å². The average molecular weight is 661 g/mol. The maximum Gasteiger partial charge on any atom is 0.416 e. The fourth-order valence-corrected chi connectivity index (χ4v) is 5.26. The van der Waals surface area contributed by atoms with Crippen molar-refractivity contribution in [2.24, 2.45) is 5.29 Å². The Bertz CT molecular complexity index is 1890. The van der Waals surface area contributed by atoms with E-state index < -0.39 is 76.5 Å². The van der Waals surface area contributed by atoms with Gasteiger partial charge >= 0.3 is 17.8 Å². The van der Waals surface area contributed by atoms with E-state index in [-0.39, 0.29) is 30.7 Å². The SMILES string of the molecule is COc1cccc(-c2c(F)n(Cc3c(C)cccc3C(F)(F)F)c(=O)n(C[C@@H](c3ccccc3)N(CCCC(=O)O)N=O)c2=O)c1F. The van der Waals surface area contributed by atoms with Crippen molar-refractivity contribution in [2.45, 2.75) is 45.1 Å². The molecule has 0 saturated carbocycles. The number of methoxy groups -OCH3 is 1. The highest BCUT2D eigenvalue weighted by atomic mass is 19.4. The van der Waals surface area contributed by atoms with Crippen LogP contribution in [0, 0.1) is 23.6 Å². The second-order valence-electron chi connectivity index (χ2n) is 10.5. The number of carboxylic acid groups (broad SMARTS) is 1. The van der Waals surface area contributed by atoms with Gasteiger partial charge in [0.05, 0.1) is 37.1 Å². The quantitative estimate of drug-likeness (QED) is 0.0817. The first kappa shape index (κ1) is 34.5.